The van der Waals surface area contributed by atoms with Crippen molar-refractivity contribution in [2.45, 2.75) is 46.1 Å². The Hall–Kier alpha value is -1.000. The van der Waals surface area contributed by atoms with Gasteiger partial charge in [-0.05, 0) is 36.2 Å². The minimum atomic E-state index is -0.368. The highest BCUT2D eigenvalue weighted by Gasteiger charge is 2.51. The van der Waals surface area contributed by atoms with Crippen LogP contribution < -0.4 is 4.90 Å². The number of halogens is 2. The predicted octanol–water partition coefficient (Wildman–Crippen LogP) is 5.31. The van der Waals surface area contributed by atoms with Crippen LogP contribution in [0.4, 0.5) is 11.4 Å². The highest BCUT2D eigenvalue weighted by molar-refractivity contribution is 6.44. The van der Waals surface area contributed by atoms with Gasteiger partial charge in [-0.2, -0.15) is 0 Å². The summed E-state index contributed by atoms with van der Waals surface area (Å²) in [6.45, 7) is 7.61. The normalized spacial score (nSPS) is 29.7. The quantitative estimate of drug-likeness (QED) is 0.540. The Morgan fingerprint density at radius 1 is 1.27 bits per heavy atom. The Labute approximate surface area is 140 Å². The molecule has 2 atom stereocenters. The second-order valence-corrected chi connectivity index (χ2v) is 8.61. The van der Waals surface area contributed by atoms with Gasteiger partial charge in [0.05, 0.1) is 15.0 Å². The molecule has 3 rings (SSSR count). The zero-order chi connectivity index (χ0) is 16.3. The Balaban J connectivity index is 2.09. The van der Waals surface area contributed by atoms with E-state index in [9.17, 15) is 10.1 Å². The van der Waals surface area contributed by atoms with Gasteiger partial charge in [-0.1, -0.05) is 44.0 Å². The molecule has 1 heterocycles. The van der Waals surface area contributed by atoms with Gasteiger partial charge in [0, 0.05) is 18.7 Å². The molecule has 1 saturated heterocycles. The van der Waals surface area contributed by atoms with Crippen LogP contribution in [0.5, 0.6) is 0 Å². The Morgan fingerprint density at radius 2 is 1.95 bits per heavy atom. The Morgan fingerprint density at radius 3 is 2.59 bits per heavy atom. The van der Waals surface area contributed by atoms with E-state index in [1.807, 2.05) is 0 Å². The van der Waals surface area contributed by atoms with Gasteiger partial charge in [-0.15, -0.1) is 0 Å². The molecular formula is C16H20Cl2N2O2. The third-order valence-corrected chi connectivity index (χ3v) is 5.74. The molecule has 4 nitrogen and oxygen atoms in total. The van der Waals surface area contributed by atoms with Crippen LogP contribution in [-0.4, -0.2) is 17.5 Å². The van der Waals surface area contributed by atoms with Crippen molar-refractivity contribution in [3.8, 4) is 0 Å². The molecule has 0 aromatic heterocycles. The summed E-state index contributed by atoms with van der Waals surface area (Å²) in [5.41, 5.74) is 0.951. The first-order chi connectivity index (χ1) is 10.1. The fraction of sp³-hybridized carbons (Fsp3) is 0.625. The molecule has 1 aliphatic heterocycles. The molecular weight excluding hydrogens is 323 g/mol. The van der Waals surface area contributed by atoms with Crippen molar-refractivity contribution in [3.63, 3.8) is 0 Å². The number of rotatable bonds is 2. The molecule has 22 heavy (non-hydrogen) atoms. The van der Waals surface area contributed by atoms with Crippen molar-refractivity contribution in [1.82, 2.24) is 0 Å². The number of nitro benzene ring substituents is 1. The fourth-order valence-electron chi connectivity index (χ4n) is 4.67. The maximum absolute atomic E-state index is 11.4. The van der Waals surface area contributed by atoms with Crippen molar-refractivity contribution in [2.75, 3.05) is 11.4 Å². The number of hydrogen-bond acceptors (Lipinski definition) is 3. The third-order valence-electron chi connectivity index (χ3n) is 4.95. The lowest BCUT2D eigenvalue weighted by molar-refractivity contribution is -0.384. The number of nitro groups is 1. The molecule has 6 heteroatoms. The summed E-state index contributed by atoms with van der Waals surface area (Å²) in [5, 5.41) is 12.1. The minimum absolute atomic E-state index is 0.0448. The maximum Gasteiger partial charge on any atom is 0.294 e. The third kappa shape index (κ3) is 2.56. The molecule has 2 unspecified atom stereocenters. The predicted molar refractivity (Wildman–Crippen MR) is 90.0 cm³/mol. The lowest BCUT2D eigenvalue weighted by Crippen LogP contribution is -2.35. The summed E-state index contributed by atoms with van der Waals surface area (Å²) in [5.74, 6) is 0. The molecule has 120 valence electrons. The van der Waals surface area contributed by atoms with Gasteiger partial charge in [-0.25, -0.2) is 0 Å². The first-order valence-electron chi connectivity index (χ1n) is 7.51. The average molecular weight is 343 g/mol. The molecule has 0 N–H and O–H groups in total. The second-order valence-electron chi connectivity index (χ2n) is 7.83. The molecule has 2 fully saturated rings. The van der Waals surface area contributed by atoms with E-state index in [2.05, 4.69) is 25.7 Å². The molecule has 2 bridgehead atoms. The van der Waals surface area contributed by atoms with Crippen molar-refractivity contribution in [1.29, 1.82) is 0 Å². The van der Waals surface area contributed by atoms with Crippen molar-refractivity contribution in [2.24, 2.45) is 10.8 Å². The topological polar surface area (TPSA) is 46.4 Å². The molecule has 1 aliphatic carbocycles. The monoisotopic (exact) mass is 342 g/mol. The van der Waals surface area contributed by atoms with Gasteiger partial charge in [0.2, 0.25) is 0 Å². The Kier molecular flexibility index (Phi) is 3.61. The minimum Gasteiger partial charge on any atom is -0.361 e. The summed E-state index contributed by atoms with van der Waals surface area (Å²) in [7, 11) is 0. The molecule has 1 saturated carbocycles. The molecule has 0 radical (unpaired) electrons. The van der Waals surface area contributed by atoms with Gasteiger partial charge in [0.1, 0.15) is 5.69 Å². The SMILES string of the molecule is CC1(C)CC2CC(C)(CN2c2c([N+](=O)[O-])ccc(Cl)c2Cl)C1. The number of anilines is 1. The van der Waals surface area contributed by atoms with Gasteiger partial charge in [0.15, 0.2) is 0 Å². The van der Waals surface area contributed by atoms with E-state index in [0.29, 0.717) is 15.7 Å². The van der Waals surface area contributed by atoms with Crippen LogP contribution in [0.15, 0.2) is 12.1 Å². The number of hydrogen-bond donors (Lipinski definition) is 0. The van der Waals surface area contributed by atoms with E-state index in [4.69, 9.17) is 23.2 Å². The van der Waals surface area contributed by atoms with Crippen LogP contribution in [0.25, 0.3) is 0 Å². The first-order valence-corrected chi connectivity index (χ1v) is 8.27. The van der Waals surface area contributed by atoms with Crippen LogP contribution in [0, 0.1) is 20.9 Å². The van der Waals surface area contributed by atoms with Gasteiger partial charge < -0.3 is 4.90 Å². The molecule has 1 aromatic rings. The van der Waals surface area contributed by atoms with Crippen LogP contribution in [-0.2, 0) is 0 Å². The van der Waals surface area contributed by atoms with E-state index >= 15 is 0 Å². The van der Waals surface area contributed by atoms with Crippen LogP contribution in [0.1, 0.15) is 40.0 Å². The van der Waals surface area contributed by atoms with Gasteiger partial charge in [0.25, 0.3) is 5.69 Å². The highest BCUT2D eigenvalue weighted by Crippen LogP contribution is 2.55. The van der Waals surface area contributed by atoms with Gasteiger partial charge in [-0.3, -0.25) is 10.1 Å². The smallest absolute Gasteiger partial charge is 0.294 e. The largest absolute Gasteiger partial charge is 0.361 e. The highest BCUT2D eigenvalue weighted by atomic mass is 35.5. The standard InChI is InChI=1S/C16H20Cl2N2O2/c1-15(2)6-10-7-16(3,8-15)9-19(10)14-12(20(21)22)5-4-11(17)13(14)18/h4-5,10H,6-9H2,1-3H3. The van der Waals surface area contributed by atoms with Crippen LogP contribution in [0.3, 0.4) is 0 Å². The summed E-state index contributed by atoms with van der Waals surface area (Å²) < 4.78 is 0. The summed E-state index contributed by atoms with van der Waals surface area (Å²) in [6.07, 6.45) is 3.19. The molecule has 2 aliphatic rings. The van der Waals surface area contributed by atoms with E-state index < -0.39 is 0 Å². The Bertz CT molecular complexity index is 647. The van der Waals surface area contributed by atoms with E-state index in [1.165, 1.54) is 12.1 Å². The molecule has 1 aromatic carbocycles. The second kappa shape index (κ2) is 5.00. The summed E-state index contributed by atoms with van der Waals surface area (Å²) in [4.78, 5) is 13.2. The van der Waals surface area contributed by atoms with Crippen molar-refractivity contribution < 1.29 is 4.92 Å². The van der Waals surface area contributed by atoms with E-state index in [1.54, 1.807) is 0 Å². The lowest BCUT2D eigenvalue weighted by atomic mass is 9.65. The zero-order valence-corrected chi connectivity index (χ0v) is 14.5. The van der Waals surface area contributed by atoms with Crippen molar-refractivity contribution >= 4 is 34.6 Å². The number of fused-ring (bicyclic) bond motifs is 2. The van der Waals surface area contributed by atoms with E-state index in [-0.39, 0.29) is 27.5 Å². The molecule has 0 spiro atoms. The van der Waals surface area contributed by atoms with Crippen LogP contribution in [0.2, 0.25) is 10.0 Å². The number of benzene rings is 1. The number of nitrogens with zero attached hydrogens (tertiary/aromatic N) is 2. The van der Waals surface area contributed by atoms with E-state index in [0.717, 1.165) is 25.8 Å². The fourth-order valence-corrected chi connectivity index (χ4v) is 5.09. The van der Waals surface area contributed by atoms with Gasteiger partial charge >= 0.3 is 0 Å². The van der Waals surface area contributed by atoms with Crippen molar-refractivity contribution in [3.05, 3.63) is 32.3 Å². The summed E-state index contributed by atoms with van der Waals surface area (Å²) >= 11 is 12.5. The average Bonchev–Trinajstić information content (AvgIpc) is 2.61. The zero-order valence-electron chi connectivity index (χ0n) is 13.0. The maximum atomic E-state index is 11.4. The summed E-state index contributed by atoms with van der Waals surface area (Å²) in [6, 6.07) is 3.24. The lowest BCUT2D eigenvalue weighted by Gasteiger charge is -2.39. The van der Waals surface area contributed by atoms with Crippen LogP contribution >= 0.6 is 23.2 Å². The first kappa shape index (κ1) is 15.9. The molecule has 0 amide bonds.